The molecule has 9 heteroatoms. The quantitative estimate of drug-likeness (QED) is 0.153. The van der Waals surface area contributed by atoms with Gasteiger partial charge in [0.05, 0.1) is 0 Å². The zero-order valence-electron chi connectivity index (χ0n) is 20.9. The number of amidine groups is 1. The number of ether oxygens (including phenoxy) is 1. The Morgan fingerprint density at radius 1 is 1.08 bits per heavy atom. The fourth-order valence-corrected chi connectivity index (χ4v) is 9.11. The van der Waals surface area contributed by atoms with Crippen molar-refractivity contribution in [2.45, 2.75) is 45.8 Å². The third-order valence-corrected chi connectivity index (χ3v) is 11.3. The number of amides is 2. The molecular weight excluding hydrogens is 585 g/mol. The summed E-state index contributed by atoms with van der Waals surface area (Å²) in [7, 11) is 0. The second kappa shape index (κ2) is 12.3. The minimum atomic E-state index is -2.66. The minimum Gasteiger partial charge on any atom is -0.0622 e. The second-order valence-electron chi connectivity index (χ2n) is 8.66. The van der Waals surface area contributed by atoms with E-state index < -0.39 is 32.0 Å². The van der Waals surface area contributed by atoms with Gasteiger partial charge in [0.2, 0.25) is 0 Å². The van der Waals surface area contributed by atoms with Crippen LogP contribution in [0.25, 0.3) is 0 Å². The fourth-order valence-electron chi connectivity index (χ4n) is 4.23. The molecule has 0 aromatic heterocycles. The van der Waals surface area contributed by atoms with E-state index in [1.54, 1.807) is 30.3 Å². The van der Waals surface area contributed by atoms with Gasteiger partial charge >= 0.3 is 194 Å². The van der Waals surface area contributed by atoms with Crippen LogP contribution < -0.4 is 5.32 Å². The van der Waals surface area contributed by atoms with Gasteiger partial charge in [-0.25, -0.2) is 0 Å². The maximum absolute atomic E-state index is 13.1. The fraction of sp³-hybridized carbons (Fsp3) is 0.321. The molecule has 194 valence electrons. The summed E-state index contributed by atoms with van der Waals surface area (Å²) in [6.07, 6.45) is 2.96. The molecule has 0 aliphatic carbocycles. The van der Waals surface area contributed by atoms with E-state index in [1.807, 2.05) is 44.2 Å². The summed E-state index contributed by atoms with van der Waals surface area (Å²) in [6, 6.07) is 15.7. The molecule has 0 unspecified atom stereocenters. The van der Waals surface area contributed by atoms with E-state index in [2.05, 4.69) is 10.3 Å². The summed E-state index contributed by atoms with van der Waals surface area (Å²) in [5.74, 6) is 0.125. The summed E-state index contributed by atoms with van der Waals surface area (Å²) in [6.45, 7) is 4.27. The van der Waals surface area contributed by atoms with E-state index in [9.17, 15) is 19.2 Å². The van der Waals surface area contributed by atoms with Crippen LogP contribution in [0, 0.1) is 0 Å². The second-order valence-corrected chi connectivity index (χ2v) is 13.4. The van der Waals surface area contributed by atoms with E-state index >= 15 is 0 Å². The standard InChI is InChI=1S/C28H30IN3O5/c1-3-20(17-29-25(33)21-13-8-9-14-22(21)26(29)34)30-24(4-2)31-27(35)23-15-10-16-32(23)28(36)37-18-19-11-6-5-7-12-19/h3,5-9,11-14,23H,4,10,15-18H2,1-2H3,(H,30,31,35)/b20-3-/t23-/m0/s1. The molecule has 2 aromatic rings. The van der Waals surface area contributed by atoms with Crippen LogP contribution in [0.3, 0.4) is 0 Å². The third kappa shape index (κ3) is 6.15. The van der Waals surface area contributed by atoms with Crippen molar-refractivity contribution in [2.75, 3.05) is 11.0 Å². The van der Waals surface area contributed by atoms with Crippen LogP contribution in [0.5, 0.6) is 0 Å². The maximum atomic E-state index is 13.1. The molecule has 0 radical (unpaired) electrons. The number of carbonyl (C=O) groups is 4. The molecule has 0 saturated carbocycles. The van der Waals surface area contributed by atoms with Gasteiger partial charge in [0.25, 0.3) is 0 Å². The molecule has 8 nitrogen and oxygen atoms in total. The Labute approximate surface area is 223 Å². The Balaban J connectivity index is 1.38. The van der Waals surface area contributed by atoms with Gasteiger partial charge in [-0.1, -0.05) is 30.3 Å². The molecule has 2 aromatic carbocycles. The summed E-state index contributed by atoms with van der Waals surface area (Å²) in [5.41, 5.74) is 2.52. The molecule has 0 spiro atoms. The Morgan fingerprint density at radius 2 is 1.73 bits per heavy atom. The normalized spacial score (nSPS) is 18.7. The van der Waals surface area contributed by atoms with Gasteiger partial charge in [-0.15, -0.1) is 0 Å². The van der Waals surface area contributed by atoms with Crippen molar-refractivity contribution in [1.29, 1.82) is 0 Å². The number of allylic oxidation sites excluding steroid dienone is 2. The van der Waals surface area contributed by atoms with E-state index in [-0.39, 0.29) is 20.1 Å². The first kappa shape index (κ1) is 26.7. The SMILES string of the molecule is C/C=C(/CI1C(=O)c2ccccc2C1=O)N=C(CC)NC(=O)[C@@H]1CCCN1C(=O)OCc1ccccc1. The van der Waals surface area contributed by atoms with E-state index in [4.69, 9.17) is 4.74 Å². The number of nitrogens with zero attached hydrogens (tertiary/aromatic N) is 2. The molecule has 2 heterocycles. The van der Waals surface area contributed by atoms with Crippen LogP contribution in [-0.2, 0) is 16.1 Å². The van der Waals surface area contributed by atoms with Gasteiger partial charge < -0.3 is 0 Å². The Kier molecular flexibility index (Phi) is 8.86. The third-order valence-electron chi connectivity index (χ3n) is 6.24. The minimum absolute atomic E-state index is 0.0444. The van der Waals surface area contributed by atoms with Crippen molar-refractivity contribution in [3.8, 4) is 0 Å². The van der Waals surface area contributed by atoms with E-state index in [1.165, 1.54) is 4.90 Å². The first-order valence-electron chi connectivity index (χ1n) is 12.3. The summed E-state index contributed by atoms with van der Waals surface area (Å²) in [4.78, 5) is 57.6. The zero-order chi connectivity index (χ0) is 26.4. The van der Waals surface area contributed by atoms with Crippen molar-refractivity contribution in [1.82, 2.24) is 10.2 Å². The molecule has 1 atom stereocenters. The predicted octanol–water partition coefficient (Wildman–Crippen LogP) is 5.12. The van der Waals surface area contributed by atoms with Gasteiger partial charge in [-0.3, -0.25) is 0 Å². The average Bonchev–Trinajstić information content (AvgIpc) is 3.51. The van der Waals surface area contributed by atoms with Crippen LogP contribution in [0.2, 0.25) is 0 Å². The van der Waals surface area contributed by atoms with E-state index in [0.29, 0.717) is 52.9 Å². The first-order valence-corrected chi connectivity index (χ1v) is 16.0. The smallest absolute Gasteiger partial charge is 0.0622 e. The number of aliphatic imine (C=N–C) groups is 1. The van der Waals surface area contributed by atoms with Crippen molar-refractivity contribution in [3.63, 3.8) is 0 Å². The van der Waals surface area contributed by atoms with Crippen molar-refractivity contribution < 1.29 is 23.9 Å². The number of likely N-dealkylation sites (tertiary alicyclic amines) is 1. The van der Waals surface area contributed by atoms with Crippen molar-refractivity contribution in [3.05, 3.63) is 83.1 Å². The Morgan fingerprint density at radius 3 is 2.35 bits per heavy atom. The molecular formula is C28H30IN3O5. The van der Waals surface area contributed by atoms with Gasteiger partial charge in [0, 0.05) is 0 Å². The predicted molar refractivity (Wildman–Crippen MR) is 150 cm³/mol. The van der Waals surface area contributed by atoms with Crippen LogP contribution in [-0.4, -0.2) is 47.3 Å². The van der Waals surface area contributed by atoms with Gasteiger partial charge in [-0.2, -0.15) is 0 Å². The number of fused-ring (bicyclic) bond motifs is 1. The molecule has 2 aliphatic heterocycles. The molecule has 1 N–H and O–H groups in total. The van der Waals surface area contributed by atoms with Crippen LogP contribution >= 0.6 is 19.8 Å². The average molecular weight is 615 g/mol. The molecule has 2 amide bonds. The number of alkyl halides is 1. The van der Waals surface area contributed by atoms with Crippen LogP contribution in [0.1, 0.15) is 59.4 Å². The number of hydrogen-bond donors (Lipinski definition) is 1. The van der Waals surface area contributed by atoms with Gasteiger partial charge in [-0.05, 0) is 0 Å². The molecule has 37 heavy (non-hydrogen) atoms. The molecule has 2 aliphatic rings. The van der Waals surface area contributed by atoms with Crippen LogP contribution in [0.15, 0.2) is 71.4 Å². The number of halogens is 1. The molecule has 4 rings (SSSR count). The van der Waals surface area contributed by atoms with Crippen molar-refractivity contribution >= 4 is 45.2 Å². The van der Waals surface area contributed by atoms with Gasteiger partial charge in [0.15, 0.2) is 0 Å². The van der Waals surface area contributed by atoms with E-state index in [0.717, 1.165) is 5.56 Å². The number of rotatable bonds is 7. The van der Waals surface area contributed by atoms with Crippen molar-refractivity contribution in [2.24, 2.45) is 4.99 Å². The Hall–Kier alpha value is -3.34. The number of hydrogen-bond acceptors (Lipinski definition) is 6. The summed E-state index contributed by atoms with van der Waals surface area (Å²) >= 11 is -2.66. The summed E-state index contributed by atoms with van der Waals surface area (Å²) in [5, 5.41) is 2.86. The topological polar surface area (TPSA) is 105 Å². The number of benzene rings is 2. The van der Waals surface area contributed by atoms with Crippen LogP contribution in [0.4, 0.5) is 4.79 Å². The summed E-state index contributed by atoms with van der Waals surface area (Å²) < 4.78 is 5.66. The van der Waals surface area contributed by atoms with Gasteiger partial charge in [0.1, 0.15) is 0 Å². The number of carbonyl (C=O) groups excluding carboxylic acids is 4. The monoisotopic (exact) mass is 615 g/mol. The zero-order valence-corrected chi connectivity index (χ0v) is 23.1. The molecule has 1 saturated heterocycles. The number of nitrogens with one attached hydrogen (secondary N) is 1. The molecule has 0 bridgehead atoms. The first-order chi connectivity index (χ1) is 17.9. The molecule has 1 fully saturated rings. The Bertz CT molecular complexity index is 1220.